The number of hydrogen-bond donors (Lipinski definition) is 4. The fourth-order valence-electron chi connectivity index (χ4n) is 0.726. The Morgan fingerprint density at radius 2 is 2.08 bits per heavy atom. The zero-order chi connectivity index (χ0) is 10.5. The van der Waals surface area contributed by atoms with E-state index < -0.39 is 19.6 Å². The first kappa shape index (κ1) is 13.1. The van der Waals surface area contributed by atoms with Crippen LogP contribution in [0.4, 0.5) is 0 Å². The summed E-state index contributed by atoms with van der Waals surface area (Å²) in [5.41, 5.74) is 0. The zero-order valence-electron chi connectivity index (χ0n) is 6.68. The first-order valence-electron chi connectivity index (χ1n) is 3.50. The average molecular weight is 276 g/mol. The minimum atomic E-state index is -4.00. The third-order valence-electron chi connectivity index (χ3n) is 1.37. The molecular formula is C5H11BrNO5P. The van der Waals surface area contributed by atoms with Crippen LogP contribution in [-0.2, 0) is 9.36 Å². The Hall–Kier alpha value is 0.0600. The minimum absolute atomic E-state index is 0.167. The number of carboxylic acids is 1. The lowest BCUT2D eigenvalue weighted by molar-refractivity contribution is -0.139. The van der Waals surface area contributed by atoms with Gasteiger partial charge in [-0.25, -0.2) is 4.34 Å². The quantitative estimate of drug-likeness (QED) is 0.410. The van der Waals surface area contributed by atoms with E-state index >= 15 is 0 Å². The van der Waals surface area contributed by atoms with Gasteiger partial charge in [-0.3, -0.25) is 9.36 Å². The highest BCUT2D eigenvalue weighted by atomic mass is 79.9. The molecular weight excluding hydrogens is 265 g/mol. The first-order valence-corrected chi connectivity index (χ1v) is 6.09. The molecule has 0 saturated heterocycles. The van der Waals surface area contributed by atoms with Crippen molar-refractivity contribution in [1.29, 1.82) is 0 Å². The number of hydrogen-bond acceptors (Lipinski definition) is 3. The van der Waals surface area contributed by atoms with E-state index in [9.17, 15) is 9.36 Å². The smallest absolute Gasteiger partial charge is 0.325 e. The third kappa shape index (κ3) is 7.16. The molecule has 0 aliphatic carbocycles. The van der Waals surface area contributed by atoms with Crippen molar-refractivity contribution in [2.75, 3.05) is 6.16 Å². The van der Waals surface area contributed by atoms with Crippen molar-refractivity contribution in [2.45, 2.75) is 18.9 Å². The van der Waals surface area contributed by atoms with Crippen LogP contribution in [-0.4, -0.2) is 33.1 Å². The van der Waals surface area contributed by atoms with Gasteiger partial charge < -0.3 is 14.9 Å². The number of nitrogens with one attached hydrogen (secondary N) is 1. The van der Waals surface area contributed by atoms with Crippen molar-refractivity contribution in [1.82, 2.24) is 4.34 Å². The molecule has 0 bridgehead atoms. The summed E-state index contributed by atoms with van der Waals surface area (Å²) in [5, 5.41) is 8.52. The summed E-state index contributed by atoms with van der Waals surface area (Å²) in [7, 11) is -4.00. The van der Waals surface area contributed by atoms with Gasteiger partial charge in [-0.2, -0.15) is 0 Å². The van der Waals surface area contributed by atoms with Crippen LogP contribution in [0.2, 0.25) is 0 Å². The predicted octanol–water partition coefficient (Wildman–Crippen LogP) is 0.297. The molecule has 1 atom stereocenters. The number of carbonyl (C=O) groups is 1. The number of halogens is 1. The van der Waals surface area contributed by atoms with Crippen LogP contribution < -0.4 is 4.34 Å². The van der Waals surface area contributed by atoms with Crippen molar-refractivity contribution in [2.24, 2.45) is 0 Å². The maximum Gasteiger partial charge on any atom is 0.325 e. The molecule has 0 rings (SSSR count). The lowest BCUT2D eigenvalue weighted by Gasteiger charge is -2.09. The maximum absolute atomic E-state index is 10.4. The molecule has 0 aromatic rings. The van der Waals surface area contributed by atoms with Gasteiger partial charge in [0.25, 0.3) is 0 Å². The lowest BCUT2D eigenvalue weighted by Crippen LogP contribution is -2.30. The summed E-state index contributed by atoms with van der Waals surface area (Å²) in [5.74, 6) is -1.05. The van der Waals surface area contributed by atoms with Gasteiger partial charge in [-0.1, -0.05) is 0 Å². The van der Waals surface area contributed by atoms with Crippen LogP contribution in [0.1, 0.15) is 12.8 Å². The van der Waals surface area contributed by atoms with E-state index in [1.807, 2.05) is 0 Å². The maximum atomic E-state index is 10.4. The molecule has 0 heterocycles. The summed E-state index contributed by atoms with van der Waals surface area (Å²) in [4.78, 5) is 27.3. The largest absolute Gasteiger partial charge is 0.480 e. The molecule has 0 fully saturated rings. The zero-order valence-corrected chi connectivity index (χ0v) is 9.16. The Kier molecular flexibility index (Phi) is 5.75. The molecule has 0 saturated carbocycles. The van der Waals surface area contributed by atoms with Crippen LogP contribution in [0.3, 0.4) is 0 Å². The molecule has 0 aliphatic heterocycles. The van der Waals surface area contributed by atoms with Crippen LogP contribution >= 0.6 is 23.7 Å². The molecule has 13 heavy (non-hydrogen) atoms. The topological polar surface area (TPSA) is 107 Å². The molecule has 0 spiro atoms. The molecule has 8 heteroatoms. The van der Waals surface area contributed by atoms with E-state index in [-0.39, 0.29) is 19.0 Å². The summed E-state index contributed by atoms with van der Waals surface area (Å²) in [6, 6.07) is -0.813. The monoisotopic (exact) mass is 275 g/mol. The second kappa shape index (κ2) is 5.72. The molecule has 78 valence electrons. The Balaban J connectivity index is 3.74. The molecule has 0 unspecified atom stereocenters. The van der Waals surface area contributed by atoms with Crippen molar-refractivity contribution in [3.05, 3.63) is 0 Å². The molecule has 6 nitrogen and oxygen atoms in total. The van der Waals surface area contributed by atoms with Gasteiger partial charge in [-0.05, 0) is 12.8 Å². The number of carboxylic acid groups (broad SMARTS) is 1. The van der Waals surface area contributed by atoms with E-state index in [0.29, 0.717) is 0 Å². The van der Waals surface area contributed by atoms with Crippen molar-refractivity contribution in [3.63, 3.8) is 0 Å². The van der Waals surface area contributed by atoms with E-state index in [0.717, 1.165) is 0 Å². The van der Waals surface area contributed by atoms with Gasteiger partial charge >= 0.3 is 13.6 Å². The standard InChI is InChI=1S/C5H11BrNO5P/c6-7-4(5(8)9)2-1-3-13(10,11)12/h4,7H,1-3H2,(H,8,9)(H2,10,11,12)/t4-/m0/s1. The highest BCUT2D eigenvalue weighted by Crippen LogP contribution is 2.35. The Morgan fingerprint density at radius 3 is 2.38 bits per heavy atom. The fraction of sp³-hybridized carbons (Fsp3) is 0.800. The molecule has 0 aromatic heterocycles. The van der Waals surface area contributed by atoms with Gasteiger partial charge in [0.15, 0.2) is 0 Å². The second-order valence-electron chi connectivity index (χ2n) is 2.53. The van der Waals surface area contributed by atoms with Crippen LogP contribution in [0.25, 0.3) is 0 Å². The van der Waals surface area contributed by atoms with Gasteiger partial charge in [0, 0.05) is 22.3 Å². The van der Waals surface area contributed by atoms with E-state index in [4.69, 9.17) is 14.9 Å². The molecule has 0 aromatic carbocycles. The lowest BCUT2D eigenvalue weighted by atomic mass is 10.2. The summed E-state index contributed by atoms with van der Waals surface area (Å²) < 4.78 is 12.7. The Bertz CT molecular complexity index is 217. The highest BCUT2D eigenvalue weighted by molar-refractivity contribution is 9.08. The Labute approximate surface area is 83.8 Å². The van der Waals surface area contributed by atoms with Crippen LogP contribution in [0.15, 0.2) is 0 Å². The SMILES string of the molecule is O=C(O)[C@H](CCCP(=O)(O)O)NBr. The fourth-order valence-corrected chi connectivity index (χ4v) is 1.75. The van der Waals surface area contributed by atoms with Gasteiger partial charge in [0.1, 0.15) is 6.04 Å². The van der Waals surface area contributed by atoms with Crippen molar-refractivity contribution >= 4 is 29.7 Å². The Morgan fingerprint density at radius 1 is 1.54 bits per heavy atom. The number of rotatable bonds is 6. The summed E-state index contributed by atoms with van der Waals surface area (Å²) in [6.45, 7) is 0. The predicted molar refractivity (Wildman–Crippen MR) is 49.6 cm³/mol. The summed E-state index contributed by atoms with van der Waals surface area (Å²) >= 11 is 2.77. The van der Waals surface area contributed by atoms with Gasteiger partial charge in [0.2, 0.25) is 0 Å². The first-order chi connectivity index (χ1) is 5.87. The van der Waals surface area contributed by atoms with Gasteiger partial charge in [0.05, 0.1) is 0 Å². The second-order valence-corrected chi connectivity index (χ2v) is 4.76. The minimum Gasteiger partial charge on any atom is -0.480 e. The van der Waals surface area contributed by atoms with E-state index in [1.54, 1.807) is 0 Å². The molecule has 0 amide bonds. The molecule has 0 aliphatic rings. The molecule has 0 radical (unpaired) electrons. The summed E-state index contributed by atoms with van der Waals surface area (Å²) in [6.07, 6.45) is 0.0526. The van der Waals surface area contributed by atoms with Crippen LogP contribution in [0, 0.1) is 0 Å². The van der Waals surface area contributed by atoms with E-state index in [1.165, 1.54) is 0 Å². The highest BCUT2D eigenvalue weighted by Gasteiger charge is 2.18. The average Bonchev–Trinajstić information content (AvgIpc) is 1.95. The number of aliphatic carboxylic acids is 1. The van der Waals surface area contributed by atoms with Gasteiger partial charge in [-0.15, -0.1) is 0 Å². The van der Waals surface area contributed by atoms with E-state index in [2.05, 4.69) is 20.5 Å². The van der Waals surface area contributed by atoms with Crippen molar-refractivity contribution in [3.8, 4) is 0 Å². The normalized spacial score (nSPS) is 14.1. The third-order valence-corrected chi connectivity index (χ3v) is 2.82. The van der Waals surface area contributed by atoms with Crippen molar-refractivity contribution < 1.29 is 24.3 Å². The van der Waals surface area contributed by atoms with Crippen LogP contribution in [0.5, 0.6) is 0 Å². The molecule has 4 N–H and O–H groups in total.